The van der Waals surface area contributed by atoms with E-state index in [4.69, 9.17) is 5.11 Å². The van der Waals surface area contributed by atoms with Gasteiger partial charge in [-0.15, -0.1) is 0 Å². The van der Waals surface area contributed by atoms with E-state index in [9.17, 15) is 5.11 Å². The van der Waals surface area contributed by atoms with Crippen LogP contribution in [0.5, 0.6) is 0 Å². The molecule has 0 bridgehead atoms. The first-order valence-corrected chi connectivity index (χ1v) is 5.25. The minimum atomic E-state index is -0.331. The minimum Gasteiger partial charge on any atom is -0.396 e. The van der Waals surface area contributed by atoms with Crippen LogP contribution in [0, 0.1) is 11.8 Å². The summed E-state index contributed by atoms with van der Waals surface area (Å²) in [6, 6.07) is 0. The predicted octanol–water partition coefficient (Wildman–Crippen LogP) is 1.89. The van der Waals surface area contributed by atoms with E-state index in [0.29, 0.717) is 5.92 Å². The van der Waals surface area contributed by atoms with Crippen LogP contribution < -0.4 is 0 Å². The van der Waals surface area contributed by atoms with Gasteiger partial charge >= 0.3 is 0 Å². The van der Waals surface area contributed by atoms with Crippen molar-refractivity contribution < 1.29 is 10.2 Å². The van der Waals surface area contributed by atoms with E-state index in [0.717, 1.165) is 12.8 Å². The monoisotopic (exact) mass is 196 g/mol. The summed E-state index contributed by atoms with van der Waals surface area (Å²) in [4.78, 5) is 0. The van der Waals surface area contributed by atoms with Crippen LogP contribution >= 0.6 is 0 Å². The average Bonchev–Trinajstić information content (AvgIpc) is 2.45. The van der Waals surface area contributed by atoms with Crippen LogP contribution in [0.1, 0.15) is 26.7 Å². The lowest BCUT2D eigenvalue weighted by Crippen LogP contribution is -2.20. The van der Waals surface area contributed by atoms with Gasteiger partial charge in [0, 0.05) is 6.61 Å². The molecule has 80 valence electrons. The lowest BCUT2D eigenvalue weighted by Gasteiger charge is -2.20. The van der Waals surface area contributed by atoms with Crippen LogP contribution in [0.3, 0.4) is 0 Å². The third-order valence-corrected chi connectivity index (χ3v) is 2.80. The minimum absolute atomic E-state index is 0.201. The van der Waals surface area contributed by atoms with Crippen molar-refractivity contribution in [2.75, 3.05) is 6.61 Å². The molecule has 0 aromatic heterocycles. The van der Waals surface area contributed by atoms with E-state index in [1.807, 2.05) is 12.2 Å². The van der Waals surface area contributed by atoms with Crippen molar-refractivity contribution in [1.29, 1.82) is 0 Å². The van der Waals surface area contributed by atoms with Crippen molar-refractivity contribution in [3.63, 3.8) is 0 Å². The molecule has 0 fully saturated rings. The maximum Gasteiger partial charge on any atom is 0.0757 e. The third kappa shape index (κ3) is 2.96. The summed E-state index contributed by atoms with van der Waals surface area (Å²) in [5.41, 5.74) is 1.28. The summed E-state index contributed by atoms with van der Waals surface area (Å²) >= 11 is 0. The van der Waals surface area contributed by atoms with E-state index in [2.05, 4.69) is 19.9 Å². The predicted molar refractivity (Wildman–Crippen MR) is 57.9 cm³/mol. The summed E-state index contributed by atoms with van der Waals surface area (Å²) in [5, 5.41) is 18.6. The molecule has 0 spiro atoms. The molecule has 0 radical (unpaired) electrons. The Labute approximate surface area is 86.0 Å². The molecule has 0 saturated carbocycles. The molecular weight excluding hydrogens is 176 g/mol. The number of hydrogen-bond donors (Lipinski definition) is 2. The Morgan fingerprint density at radius 2 is 2.07 bits per heavy atom. The molecule has 0 aromatic rings. The van der Waals surface area contributed by atoms with Gasteiger partial charge < -0.3 is 10.2 Å². The third-order valence-electron chi connectivity index (χ3n) is 2.80. The van der Waals surface area contributed by atoms with Crippen LogP contribution in [0.15, 0.2) is 23.8 Å². The standard InChI is InChI=1S/C12H20O2/c1-9(2)3-5-11-10(7-8-13)4-6-12(11)14/h3-4,6,10-14H,5,7-8H2,1-2H3/t10-,11+,12?/m0/s1. The fourth-order valence-corrected chi connectivity index (χ4v) is 1.94. The van der Waals surface area contributed by atoms with Crippen LogP contribution in [0.4, 0.5) is 0 Å². The molecule has 1 rings (SSSR count). The zero-order chi connectivity index (χ0) is 10.6. The number of rotatable bonds is 4. The smallest absolute Gasteiger partial charge is 0.0757 e. The number of allylic oxidation sites excluding steroid dienone is 3. The topological polar surface area (TPSA) is 40.5 Å². The molecule has 0 saturated heterocycles. The summed E-state index contributed by atoms with van der Waals surface area (Å²) in [6.45, 7) is 4.33. The Kier molecular flexibility index (Phi) is 4.36. The molecule has 14 heavy (non-hydrogen) atoms. The molecule has 2 N–H and O–H groups in total. The maximum atomic E-state index is 9.70. The second kappa shape index (κ2) is 5.32. The first-order valence-electron chi connectivity index (χ1n) is 5.25. The summed E-state index contributed by atoms with van der Waals surface area (Å²) < 4.78 is 0. The van der Waals surface area contributed by atoms with E-state index in [-0.39, 0.29) is 18.6 Å². The normalized spacial score (nSPS) is 30.7. The van der Waals surface area contributed by atoms with Crippen LogP contribution in [0.25, 0.3) is 0 Å². The first kappa shape index (κ1) is 11.5. The molecule has 1 aliphatic rings. The Morgan fingerprint density at radius 3 is 2.64 bits per heavy atom. The Balaban J connectivity index is 2.52. The van der Waals surface area contributed by atoms with Gasteiger partial charge in [-0.2, -0.15) is 0 Å². The van der Waals surface area contributed by atoms with Crippen molar-refractivity contribution in [2.24, 2.45) is 11.8 Å². The zero-order valence-corrected chi connectivity index (χ0v) is 8.98. The molecule has 2 heteroatoms. The Bertz CT molecular complexity index is 226. The van der Waals surface area contributed by atoms with Crippen LogP contribution in [-0.2, 0) is 0 Å². The van der Waals surface area contributed by atoms with Crippen molar-refractivity contribution in [1.82, 2.24) is 0 Å². The van der Waals surface area contributed by atoms with Gasteiger partial charge in [0.2, 0.25) is 0 Å². The average molecular weight is 196 g/mol. The molecule has 2 nitrogen and oxygen atoms in total. The lowest BCUT2D eigenvalue weighted by molar-refractivity contribution is 0.131. The fourth-order valence-electron chi connectivity index (χ4n) is 1.94. The van der Waals surface area contributed by atoms with Crippen LogP contribution in [-0.4, -0.2) is 22.9 Å². The van der Waals surface area contributed by atoms with Gasteiger partial charge in [-0.05, 0) is 38.5 Å². The molecular formula is C12H20O2. The van der Waals surface area contributed by atoms with E-state index in [1.54, 1.807) is 0 Å². The fraction of sp³-hybridized carbons (Fsp3) is 0.667. The first-order chi connectivity index (χ1) is 6.65. The Morgan fingerprint density at radius 1 is 1.36 bits per heavy atom. The van der Waals surface area contributed by atoms with Gasteiger partial charge in [-0.3, -0.25) is 0 Å². The van der Waals surface area contributed by atoms with Gasteiger partial charge in [0.25, 0.3) is 0 Å². The highest BCUT2D eigenvalue weighted by Gasteiger charge is 2.28. The maximum absolute atomic E-state index is 9.70. The second-order valence-electron chi connectivity index (χ2n) is 4.23. The zero-order valence-electron chi connectivity index (χ0n) is 8.98. The number of hydrogen-bond acceptors (Lipinski definition) is 2. The largest absolute Gasteiger partial charge is 0.396 e. The molecule has 0 amide bonds. The van der Waals surface area contributed by atoms with E-state index in [1.165, 1.54) is 5.57 Å². The van der Waals surface area contributed by atoms with Gasteiger partial charge in [-0.25, -0.2) is 0 Å². The number of aliphatic hydroxyl groups excluding tert-OH is 2. The van der Waals surface area contributed by atoms with Crippen molar-refractivity contribution in [3.8, 4) is 0 Å². The molecule has 0 heterocycles. The van der Waals surface area contributed by atoms with Gasteiger partial charge in [0.1, 0.15) is 0 Å². The van der Waals surface area contributed by atoms with Gasteiger partial charge in [0.15, 0.2) is 0 Å². The quantitative estimate of drug-likeness (QED) is 0.674. The molecule has 1 unspecified atom stereocenters. The molecule has 3 atom stereocenters. The number of aliphatic hydroxyl groups is 2. The highest BCUT2D eigenvalue weighted by atomic mass is 16.3. The SMILES string of the molecule is CC(C)=CC[C@H]1C(O)C=C[C@H]1CCO. The summed E-state index contributed by atoms with van der Waals surface area (Å²) in [7, 11) is 0. The van der Waals surface area contributed by atoms with Crippen molar-refractivity contribution in [3.05, 3.63) is 23.8 Å². The summed E-state index contributed by atoms with van der Waals surface area (Å²) in [5.74, 6) is 0.600. The highest BCUT2D eigenvalue weighted by Crippen LogP contribution is 2.31. The molecule has 1 aliphatic carbocycles. The van der Waals surface area contributed by atoms with Crippen molar-refractivity contribution in [2.45, 2.75) is 32.8 Å². The van der Waals surface area contributed by atoms with E-state index < -0.39 is 0 Å². The highest BCUT2D eigenvalue weighted by molar-refractivity contribution is 5.09. The summed E-state index contributed by atoms with van der Waals surface area (Å²) in [6.07, 6.45) is 7.37. The molecule has 0 aromatic carbocycles. The van der Waals surface area contributed by atoms with Gasteiger partial charge in [-0.1, -0.05) is 23.8 Å². The lowest BCUT2D eigenvalue weighted by atomic mass is 9.88. The Hall–Kier alpha value is -0.600. The van der Waals surface area contributed by atoms with Crippen molar-refractivity contribution >= 4 is 0 Å². The van der Waals surface area contributed by atoms with Crippen LogP contribution in [0.2, 0.25) is 0 Å². The second-order valence-corrected chi connectivity index (χ2v) is 4.23. The van der Waals surface area contributed by atoms with E-state index >= 15 is 0 Å². The van der Waals surface area contributed by atoms with Gasteiger partial charge in [0.05, 0.1) is 6.10 Å². The molecule has 0 aliphatic heterocycles.